The van der Waals surface area contributed by atoms with Gasteiger partial charge >= 0.3 is 0 Å². The molecule has 6 nitrogen and oxygen atoms in total. The average molecular weight is 423 g/mol. The molecular formula is C25H30N2O4. The molecule has 1 fully saturated rings. The molecule has 2 heterocycles. The van der Waals surface area contributed by atoms with E-state index in [1.807, 2.05) is 23.1 Å². The lowest BCUT2D eigenvalue weighted by molar-refractivity contribution is -0.135. The predicted molar refractivity (Wildman–Crippen MR) is 121 cm³/mol. The van der Waals surface area contributed by atoms with E-state index in [2.05, 4.69) is 42.0 Å². The molecule has 0 N–H and O–H groups in total. The van der Waals surface area contributed by atoms with Crippen LogP contribution in [-0.2, 0) is 16.1 Å². The molecule has 0 bridgehead atoms. The lowest BCUT2D eigenvalue weighted by Gasteiger charge is -2.29. The normalized spacial score (nSPS) is 15.1. The van der Waals surface area contributed by atoms with Crippen LogP contribution in [0.25, 0.3) is 10.9 Å². The maximum atomic E-state index is 13.3. The Morgan fingerprint density at radius 3 is 2.39 bits per heavy atom. The molecule has 164 valence electrons. The van der Waals surface area contributed by atoms with E-state index in [9.17, 15) is 4.79 Å². The van der Waals surface area contributed by atoms with Gasteiger partial charge in [-0.05, 0) is 36.2 Å². The molecule has 1 atom stereocenters. The van der Waals surface area contributed by atoms with Gasteiger partial charge in [0.25, 0.3) is 0 Å². The van der Waals surface area contributed by atoms with E-state index >= 15 is 0 Å². The first-order valence-electron chi connectivity index (χ1n) is 10.8. The number of para-hydroxylation sites is 1. The highest BCUT2D eigenvalue weighted by Crippen LogP contribution is 2.38. The molecule has 1 unspecified atom stereocenters. The van der Waals surface area contributed by atoms with Crippen LogP contribution in [0.15, 0.2) is 48.7 Å². The molecule has 6 heteroatoms. The number of carbonyl (C=O) groups is 1. The number of amides is 1. The monoisotopic (exact) mass is 422 g/mol. The largest absolute Gasteiger partial charge is 0.497 e. The Balaban J connectivity index is 1.81. The van der Waals surface area contributed by atoms with Crippen LogP contribution in [0.4, 0.5) is 0 Å². The smallest absolute Gasteiger partial charge is 0.223 e. The van der Waals surface area contributed by atoms with Crippen molar-refractivity contribution in [2.75, 3.05) is 40.5 Å². The summed E-state index contributed by atoms with van der Waals surface area (Å²) in [6.45, 7) is 5.48. The molecule has 0 spiro atoms. The van der Waals surface area contributed by atoms with Crippen molar-refractivity contribution >= 4 is 16.8 Å². The lowest BCUT2D eigenvalue weighted by atomic mass is 9.87. The van der Waals surface area contributed by atoms with Crippen molar-refractivity contribution in [3.05, 3.63) is 59.8 Å². The fourth-order valence-electron chi connectivity index (χ4n) is 4.37. The van der Waals surface area contributed by atoms with Crippen LogP contribution in [0.3, 0.4) is 0 Å². The number of carbonyl (C=O) groups excluding carboxylic acids is 1. The molecule has 1 aromatic heterocycles. The van der Waals surface area contributed by atoms with Gasteiger partial charge in [0.1, 0.15) is 11.5 Å². The van der Waals surface area contributed by atoms with E-state index in [1.54, 1.807) is 14.2 Å². The Morgan fingerprint density at radius 1 is 1.06 bits per heavy atom. The van der Waals surface area contributed by atoms with Crippen LogP contribution < -0.4 is 9.47 Å². The second-order valence-corrected chi connectivity index (χ2v) is 7.78. The number of aromatic nitrogens is 1. The number of nitrogens with zero attached hydrogens (tertiary/aromatic N) is 2. The van der Waals surface area contributed by atoms with Crippen molar-refractivity contribution in [1.82, 2.24) is 9.47 Å². The molecule has 0 saturated carbocycles. The lowest BCUT2D eigenvalue weighted by Crippen LogP contribution is -2.41. The Kier molecular flexibility index (Phi) is 6.47. The summed E-state index contributed by atoms with van der Waals surface area (Å²) >= 11 is 0. The molecule has 0 radical (unpaired) electrons. The summed E-state index contributed by atoms with van der Waals surface area (Å²) in [7, 11) is 3.30. The number of benzene rings is 2. The highest BCUT2D eigenvalue weighted by atomic mass is 16.5. The minimum absolute atomic E-state index is 0.114. The molecule has 4 rings (SSSR count). The fraction of sp³-hybridized carbons (Fsp3) is 0.400. The molecule has 1 amide bonds. The topological polar surface area (TPSA) is 52.9 Å². The zero-order chi connectivity index (χ0) is 21.8. The van der Waals surface area contributed by atoms with Crippen LogP contribution in [0, 0.1) is 0 Å². The maximum absolute atomic E-state index is 13.3. The zero-order valence-electron chi connectivity index (χ0n) is 18.5. The minimum Gasteiger partial charge on any atom is -0.497 e. The molecule has 1 saturated heterocycles. The van der Waals surface area contributed by atoms with Crippen molar-refractivity contribution < 1.29 is 19.0 Å². The van der Waals surface area contributed by atoms with Crippen LogP contribution in [0.1, 0.15) is 30.4 Å². The first-order chi connectivity index (χ1) is 15.1. The average Bonchev–Trinajstić information content (AvgIpc) is 3.21. The van der Waals surface area contributed by atoms with E-state index < -0.39 is 0 Å². The van der Waals surface area contributed by atoms with E-state index in [4.69, 9.17) is 14.2 Å². The SMILES string of the molecule is CCn1cc(C(CC(=O)N2CCOCC2)c2cc(OC)cc(OC)c2)c2ccccc21. The molecule has 1 aliphatic heterocycles. The van der Waals surface area contributed by atoms with Gasteiger partial charge in [0.2, 0.25) is 5.91 Å². The summed E-state index contributed by atoms with van der Waals surface area (Å²) in [4.78, 5) is 15.2. The maximum Gasteiger partial charge on any atom is 0.223 e. The first kappa shape index (κ1) is 21.2. The number of hydrogen-bond donors (Lipinski definition) is 0. The summed E-state index contributed by atoms with van der Waals surface area (Å²) in [6.07, 6.45) is 2.57. The van der Waals surface area contributed by atoms with Gasteiger partial charge in [-0.15, -0.1) is 0 Å². The summed E-state index contributed by atoms with van der Waals surface area (Å²) in [5.74, 6) is 1.47. The number of methoxy groups -OCH3 is 2. The second kappa shape index (κ2) is 9.43. The summed E-state index contributed by atoms with van der Waals surface area (Å²) in [5, 5.41) is 1.17. The van der Waals surface area contributed by atoms with Crippen molar-refractivity contribution in [1.29, 1.82) is 0 Å². The third kappa shape index (κ3) is 4.39. The summed E-state index contributed by atoms with van der Waals surface area (Å²) in [6, 6.07) is 14.3. The second-order valence-electron chi connectivity index (χ2n) is 7.78. The molecule has 3 aromatic rings. The van der Waals surface area contributed by atoms with E-state index in [-0.39, 0.29) is 11.8 Å². The molecule has 2 aromatic carbocycles. The highest BCUT2D eigenvalue weighted by Gasteiger charge is 2.27. The fourth-order valence-corrected chi connectivity index (χ4v) is 4.37. The molecular weight excluding hydrogens is 392 g/mol. The number of rotatable bonds is 7. The van der Waals surface area contributed by atoms with Crippen LogP contribution in [-0.4, -0.2) is 55.9 Å². The molecule has 0 aliphatic carbocycles. The van der Waals surface area contributed by atoms with Crippen LogP contribution in [0.5, 0.6) is 11.5 Å². The van der Waals surface area contributed by atoms with Gasteiger partial charge < -0.3 is 23.7 Å². The minimum atomic E-state index is -0.114. The van der Waals surface area contributed by atoms with Gasteiger partial charge in [-0.3, -0.25) is 4.79 Å². The number of fused-ring (bicyclic) bond motifs is 1. The highest BCUT2D eigenvalue weighted by molar-refractivity contribution is 5.87. The van der Waals surface area contributed by atoms with Gasteiger partial charge in [-0.25, -0.2) is 0 Å². The van der Waals surface area contributed by atoms with Crippen molar-refractivity contribution in [2.45, 2.75) is 25.8 Å². The standard InChI is InChI=1S/C25H30N2O4/c1-4-26-17-23(21-7-5-6-8-24(21)26)22(16-25(28)27-9-11-31-12-10-27)18-13-19(29-2)15-20(14-18)30-3/h5-8,13-15,17,22H,4,9-12,16H2,1-3H3. The van der Waals surface area contributed by atoms with Gasteiger partial charge in [0, 0.05) is 55.1 Å². The van der Waals surface area contributed by atoms with Crippen molar-refractivity contribution in [3.8, 4) is 11.5 Å². The predicted octanol–water partition coefficient (Wildman–Crippen LogP) is 4.06. The van der Waals surface area contributed by atoms with Gasteiger partial charge in [0.05, 0.1) is 27.4 Å². The number of morpholine rings is 1. The Bertz CT molecular complexity index is 1030. The Morgan fingerprint density at radius 2 is 1.74 bits per heavy atom. The van der Waals surface area contributed by atoms with E-state index in [0.29, 0.717) is 32.7 Å². The number of hydrogen-bond acceptors (Lipinski definition) is 4. The van der Waals surface area contributed by atoms with Crippen LogP contribution >= 0.6 is 0 Å². The van der Waals surface area contributed by atoms with Crippen molar-refractivity contribution in [2.24, 2.45) is 0 Å². The quantitative estimate of drug-likeness (QED) is 0.576. The van der Waals surface area contributed by atoms with Gasteiger partial charge in [-0.2, -0.15) is 0 Å². The third-order valence-electron chi connectivity index (χ3n) is 6.05. The summed E-state index contributed by atoms with van der Waals surface area (Å²) < 4.78 is 18.7. The van der Waals surface area contributed by atoms with Gasteiger partial charge in [0.15, 0.2) is 0 Å². The van der Waals surface area contributed by atoms with Crippen LogP contribution in [0.2, 0.25) is 0 Å². The van der Waals surface area contributed by atoms with E-state index in [0.717, 1.165) is 29.2 Å². The first-order valence-corrected chi connectivity index (χ1v) is 10.8. The van der Waals surface area contributed by atoms with Gasteiger partial charge in [-0.1, -0.05) is 18.2 Å². The Hall–Kier alpha value is -2.99. The Labute approximate surface area is 183 Å². The van der Waals surface area contributed by atoms with E-state index in [1.165, 1.54) is 10.9 Å². The summed E-state index contributed by atoms with van der Waals surface area (Å²) in [5.41, 5.74) is 3.34. The number of aryl methyl sites for hydroxylation is 1. The molecule has 31 heavy (non-hydrogen) atoms. The third-order valence-corrected chi connectivity index (χ3v) is 6.05. The molecule has 1 aliphatic rings. The zero-order valence-corrected chi connectivity index (χ0v) is 18.5. The number of ether oxygens (including phenoxy) is 3. The van der Waals surface area contributed by atoms with Crippen molar-refractivity contribution in [3.63, 3.8) is 0 Å².